The smallest absolute Gasteiger partial charge is 0.316 e. The minimum atomic E-state index is -0.908. The van der Waals surface area contributed by atoms with Gasteiger partial charge in [-0.3, -0.25) is 19.3 Å². The van der Waals surface area contributed by atoms with Crippen molar-refractivity contribution in [3.63, 3.8) is 0 Å². The Balaban J connectivity index is 2.02. The molecule has 0 spiro atoms. The van der Waals surface area contributed by atoms with Gasteiger partial charge in [0.05, 0.1) is 5.25 Å². The zero-order chi connectivity index (χ0) is 14.7. The monoisotopic (exact) mass is 299 g/mol. The number of thioether (sulfide) groups is 1. The van der Waals surface area contributed by atoms with Crippen molar-refractivity contribution in [1.29, 1.82) is 0 Å². The maximum Gasteiger partial charge on any atom is 0.316 e. The number of rotatable bonds is 5. The van der Waals surface area contributed by atoms with Gasteiger partial charge < -0.3 is 5.11 Å². The SMILES string of the molecule is CCC(SC1CC(=O)N(C2CCCCC2)C1=O)C(=O)O. The maximum absolute atomic E-state index is 12.4. The number of likely N-dealkylation sites (tertiary alicyclic amines) is 1. The second kappa shape index (κ2) is 6.61. The lowest BCUT2D eigenvalue weighted by molar-refractivity contribution is -0.141. The third-order valence-corrected chi connectivity index (χ3v) is 5.62. The molecule has 1 heterocycles. The molecule has 2 atom stereocenters. The third-order valence-electron chi connectivity index (χ3n) is 4.06. The molecule has 2 amide bonds. The van der Waals surface area contributed by atoms with Crippen LogP contribution >= 0.6 is 11.8 Å². The van der Waals surface area contributed by atoms with E-state index < -0.39 is 16.5 Å². The maximum atomic E-state index is 12.4. The van der Waals surface area contributed by atoms with Gasteiger partial charge in [0.25, 0.3) is 0 Å². The van der Waals surface area contributed by atoms with Crippen molar-refractivity contribution in [3.05, 3.63) is 0 Å². The summed E-state index contributed by atoms with van der Waals surface area (Å²) < 4.78 is 0. The van der Waals surface area contributed by atoms with Gasteiger partial charge in [0.1, 0.15) is 5.25 Å². The molecular weight excluding hydrogens is 278 g/mol. The van der Waals surface area contributed by atoms with E-state index >= 15 is 0 Å². The fourth-order valence-electron chi connectivity index (χ4n) is 2.98. The predicted octanol–water partition coefficient (Wildman–Crippen LogP) is 2.04. The fraction of sp³-hybridized carbons (Fsp3) is 0.786. The van der Waals surface area contributed by atoms with Gasteiger partial charge in [-0.15, -0.1) is 11.8 Å². The second-order valence-corrected chi connectivity index (χ2v) is 6.87. The summed E-state index contributed by atoms with van der Waals surface area (Å²) in [6.45, 7) is 1.78. The van der Waals surface area contributed by atoms with Crippen molar-refractivity contribution in [2.75, 3.05) is 0 Å². The molecule has 0 radical (unpaired) electrons. The van der Waals surface area contributed by atoms with Crippen molar-refractivity contribution in [2.45, 2.75) is 68.4 Å². The van der Waals surface area contributed by atoms with Crippen LogP contribution in [0.3, 0.4) is 0 Å². The zero-order valence-electron chi connectivity index (χ0n) is 11.7. The summed E-state index contributed by atoms with van der Waals surface area (Å²) in [6, 6.07) is 0.0410. The standard InChI is InChI=1S/C14H21NO4S/c1-2-10(14(18)19)20-11-8-12(16)15(13(11)17)9-6-4-3-5-7-9/h9-11H,2-8H2,1H3,(H,18,19). The van der Waals surface area contributed by atoms with Crippen molar-refractivity contribution < 1.29 is 19.5 Å². The average molecular weight is 299 g/mol. The first-order valence-corrected chi connectivity index (χ1v) is 8.23. The topological polar surface area (TPSA) is 74.7 Å². The van der Waals surface area contributed by atoms with Crippen molar-refractivity contribution in [2.24, 2.45) is 0 Å². The van der Waals surface area contributed by atoms with Crippen LogP contribution in [0.1, 0.15) is 51.9 Å². The Morgan fingerprint density at radius 1 is 1.35 bits per heavy atom. The van der Waals surface area contributed by atoms with Crippen LogP contribution in [0.5, 0.6) is 0 Å². The molecule has 112 valence electrons. The normalized spacial score (nSPS) is 26.1. The number of nitrogens with zero attached hydrogens (tertiary/aromatic N) is 1. The van der Waals surface area contributed by atoms with E-state index in [9.17, 15) is 14.4 Å². The first-order chi connectivity index (χ1) is 9.54. The van der Waals surface area contributed by atoms with E-state index in [1.165, 1.54) is 11.3 Å². The highest BCUT2D eigenvalue weighted by molar-refractivity contribution is 8.01. The number of carbonyl (C=O) groups is 3. The van der Waals surface area contributed by atoms with E-state index in [2.05, 4.69) is 0 Å². The van der Waals surface area contributed by atoms with Crippen molar-refractivity contribution in [1.82, 2.24) is 4.90 Å². The Hall–Kier alpha value is -1.04. The summed E-state index contributed by atoms with van der Waals surface area (Å²) in [5, 5.41) is 7.95. The highest BCUT2D eigenvalue weighted by Gasteiger charge is 2.44. The molecule has 2 rings (SSSR count). The first kappa shape index (κ1) is 15.4. The van der Waals surface area contributed by atoms with Crippen LogP contribution in [-0.4, -0.2) is 44.3 Å². The molecule has 1 N–H and O–H groups in total. The highest BCUT2D eigenvalue weighted by atomic mass is 32.2. The molecule has 0 aromatic carbocycles. The molecular formula is C14H21NO4S. The van der Waals surface area contributed by atoms with Crippen LogP contribution in [0.25, 0.3) is 0 Å². The fourth-order valence-corrected chi connectivity index (χ4v) is 4.15. The largest absolute Gasteiger partial charge is 0.480 e. The van der Waals surface area contributed by atoms with Gasteiger partial charge >= 0.3 is 5.97 Å². The van der Waals surface area contributed by atoms with E-state index in [-0.39, 0.29) is 24.3 Å². The molecule has 0 aromatic rings. The predicted molar refractivity (Wildman–Crippen MR) is 76.4 cm³/mol. The summed E-state index contributed by atoms with van der Waals surface area (Å²) in [4.78, 5) is 36.9. The molecule has 5 nitrogen and oxygen atoms in total. The number of carboxylic acid groups (broad SMARTS) is 1. The minimum absolute atomic E-state index is 0.0410. The lowest BCUT2D eigenvalue weighted by atomic mass is 9.94. The Kier molecular flexibility index (Phi) is 5.07. The molecule has 2 unspecified atom stereocenters. The quantitative estimate of drug-likeness (QED) is 0.786. The van der Waals surface area contributed by atoms with Gasteiger partial charge in [-0.05, 0) is 19.3 Å². The Bertz CT molecular complexity index is 406. The molecule has 1 saturated carbocycles. The minimum Gasteiger partial charge on any atom is -0.480 e. The molecule has 2 aliphatic rings. The molecule has 20 heavy (non-hydrogen) atoms. The summed E-state index contributed by atoms with van der Waals surface area (Å²) in [7, 11) is 0. The molecule has 0 aromatic heterocycles. The molecule has 1 aliphatic carbocycles. The number of carboxylic acids is 1. The van der Waals surface area contributed by atoms with E-state index in [0.717, 1.165) is 37.4 Å². The van der Waals surface area contributed by atoms with Crippen molar-refractivity contribution in [3.8, 4) is 0 Å². The summed E-state index contributed by atoms with van der Waals surface area (Å²) in [5.41, 5.74) is 0. The number of hydrogen-bond donors (Lipinski definition) is 1. The van der Waals surface area contributed by atoms with Gasteiger partial charge in [-0.1, -0.05) is 26.2 Å². The van der Waals surface area contributed by atoms with Gasteiger partial charge in [0, 0.05) is 12.5 Å². The van der Waals surface area contributed by atoms with E-state index in [4.69, 9.17) is 5.11 Å². The molecule has 1 aliphatic heterocycles. The second-order valence-electron chi connectivity index (χ2n) is 5.46. The lowest BCUT2D eigenvalue weighted by Gasteiger charge is -2.29. The Labute approximate surface area is 123 Å². The van der Waals surface area contributed by atoms with Crippen LogP contribution < -0.4 is 0 Å². The van der Waals surface area contributed by atoms with Gasteiger partial charge in [-0.25, -0.2) is 0 Å². The van der Waals surface area contributed by atoms with E-state index in [1.54, 1.807) is 6.92 Å². The number of amides is 2. The van der Waals surface area contributed by atoms with Gasteiger partial charge in [0.15, 0.2) is 0 Å². The molecule has 6 heteroatoms. The molecule has 1 saturated heterocycles. The Morgan fingerprint density at radius 2 is 2.00 bits per heavy atom. The number of imide groups is 1. The van der Waals surface area contributed by atoms with Crippen molar-refractivity contribution >= 4 is 29.5 Å². The van der Waals surface area contributed by atoms with Gasteiger partial charge in [0.2, 0.25) is 11.8 Å². The van der Waals surface area contributed by atoms with E-state index in [0.29, 0.717) is 6.42 Å². The third kappa shape index (κ3) is 3.16. The number of hydrogen-bond acceptors (Lipinski definition) is 4. The zero-order valence-corrected chi connectivity index (χ0v) is 12.5. The highest BCUT2D eigenvalue weighted by Crippen LogP contribution is 2.34. The van der Waals surface area contributed by atoms with Crippen LogP contribution in [0, 0.1) is 0 Å². The van der Waals surface area contributed by atoms with Gasteiger partial charge in [-0.2, -0.15) is 0 Å². The van der Waals surface area contributed by atoms with Crippen LogP contribution in [-0.2, 0) is 14.4 Å². The summed E-state index contributed by atoms with van der Waals surface area (Å²) in [5.74, 6) is -1.21. The summed E-state index contributed by atoms with van der Waals surface area (Å²) >= 11 is 1.13. The number of aliphatic carboxylic acids is 1. The van der Waals surface area contributed by atoms with Crippen LogP contribution in [0.15, 0.2) is 0 Å². The van der Waals surface area contributed by atoms with E-state index in [1.807, 2.05) is 0 Å². The van der Waals surface area contributed by atoms with Crippen LogP contribution in [0.4, 0.5) is 0 Å². The Morgan fingerprint density at radius 3 is 2.55 bits per heavy atom. The average Bonchev–Trinajstić information content (AvgIpc) is 2.71. The van der Waals surface area contributed by atoms with Crippen LogP contribution in [0.2, 0.25) is 0 Å². The lowest BCUT2D eigenvalue weighted by Crippen LogP contribution is -2.42. The first-order valence-electron chi connectivity index (χ1n) is 7.28. The summed E-state index contributed by atoms with van der Waals surface area (Å²) in [6.07, 6.45) is 5.70. The molecule has 0 bridgehead atoms. The number of carbonyl (C=O) groups excluding carboxylic acids is 2. The molecule has 2 fully saturated rings.